The predicted molar refractivity (Wildman–Crippen MR) is 128 cm³/mol. The normalized spacial score (nSPS) is 19.7. The van der Waals surface area contributed by atoms with Crippen molar-refractivity contribution in [2.75, 3.05) is 25.5 Å². The van der Waals surface area contributed by atoms with Gasteiger partial charge in [0.15, 0.2) is 0 Å². The predicted octanol–water partition coefficient (Wildman–Crippen LogP) is 4.33. The molecule has 1 aromatic carbocycles. The fourth-order valence-electron chi connectivity index (χ4n) is 4.48. The van der Waals surface area contributed by atoms with Crippen LogP contribution in [0.4, 0.5) is 5.00 Å². The highest BCUT2D eigenvalue weighted by Gasteiger charge is 2.30. The monoisotopic (exact) mass is 490 g/mol. The van der Waals surface area contributed by atoms with Gasteiger partial charge >= 0.3 is 5.97 Å². The van der Waals surface area contributed by atoms with Crippen LogP contribution in [0, 0.1) is 11.8 Å². The van der Waals surface area contributed by atoms with Gasteiger partial charge in [-0.1, -0.05) is 13.8 Å². The Bertz CT molecular complexity index is 1150. The number of benzene rings is 1. The van der Waals surface area contributed by atoms with Crippen LogP contribution in [-0.4, -0.2) is 44.8 Å². The third-order valence-electron chi connectivity index (χ3n) is 6.63. The van der Waals surface area contributed by atoms with Gasteiger partial charge in [0.2, 0.25) is 10.0 Å². The molecule has 1 atom stereocenters. The molecule has 1 saturated heterocycles. The summed E-state index contributed by atoms with van der Waals surface area (Å²) < 4.78 is 32.4. The van der Waals surface area contributed by atoms with E-state index in [2.05, 4.69) is 19.2 Å². The lowest BCUT2D eigenvalue weighted by atomic mass is 9.88. The van der Waals surface area contributed by atoms with Crippen LogP contribution in [0.3, 0.4) is 0 Å². The van der Waals surface area contributed by atoms with Gasteiger partial charge in [-0.2, -0.15) is 4.31 Å². The number of nitrogens with zero attached hydrogens (tertiary/aromatic N) is 1. The first-order valence-corrected chi connectivity index (χ1v) is 13.6. The van der Waals surface area contributed by atoms with Gasteiger partial charge in [0.25, 0.3) is 5.91 Å². The van der Waals surface area contributed by atoms with E-state index in [1.807, 2.05) is 0 Å². The van der Waals surface area contributed by atoms with Crippen LogP contribution in [0.25, 0.3) is 0 Å². The van der Waals surface area contributed by atoms with Crippen molar-refractivity contribution in [1.29, 1.82) is 0 Å². The highest BCUT2D eigenvalue weighted by molar-refractivity contribution is 7.89. The number of carbonyl (C=O) groups is 2. The van der Waals surface area contributed by atoms with E-state index in [0.29, 0.717) is 41.1 Å². The van der Waals surface area contributed by atoms with Crippen molar-refractivity contribution < 1.29 is 22.7 Å². The zero-order valence-electron chi connectivity index (χ0n) is 19.2. The molecule has 33 heavy (non-hydrogen) atoms. The van der Waals surface area contributed by atoms with Crippen LogP contribution in [0.1, 0.15) is 64.3 Å². The molecule has 2 aromatic rings. The van der Waals surface area contributed by atoms with E-state index in [0.717, 1.165) is 42.5 Å². The molecular weight excluding hydrogens is 460 g/mol. The van der Waals surface area contributed by atoms with Crippen LogP contribution in [0.2, 0.25) is 0 Å². The van der Waals surface area contributed by atoms with Gasteiger partial charge in [-0.05, 0) is 73.8 Å². The molecule has 1 aliphatic carbocycles. The lowest BCUT2D eigenvalue weighted by Crippen LogP contribution is -2.37. The summed E-state index contributed by atoms with van der Waals surface area (Å²) in [6.45, 7) is 5.35. The molecule has 0 saturated carbocycles. The van der Waals surface area contributed by atoms with Crippen LogP contribution >= 0.6 is 11.3 Å². The summed E-state index contributed by atoms with van der Waals surface area (Å²) in [5.74, 6) is 0.225. The van der Waals surface area contributed by atoms with Crippen molar-refractivity contribution in [2.45, 2.75) is 50.8 Å². The van der Waals surface area contributed by atoms with Crippen molar-refractivity contribution in [3.8, 4) is 0 Å². The average molecular weight is 491 g/mol. The topological polar surface area (TPSA) is 92.8 Å². The lowest BCUT2D eigenvalue weighted by Gasteiger charge is -2.29. The number of hydrogen-bond donors (Lipinski definition) is 1. The number of nitrogens with one attached hydrogen (secondary N) is 1. The van der Waals surface area contributed by atoms with Crippen molar-refractivity contribution >= 4 is 38.2 Å². The van der Waals surface area contributed by atoms with Gasteiger partial charge in [-0.3, -0.25) is 4.79 Å². The number of piperidine rings is 1. The van der Waals surface area contributed by atoms with Crippen molar-refractivity contribution in [3.05, 3.63) is 45.8 Å². The van der Waals surface area contributed by atoms with E-state index in [1.165, 1.54) is 47.0 Å². The number of sulfonamides is 1. The van der Waals surface area contributed by atoms with Crippen molar-refractivity contribution in [1.82, 2.24) is 4.31 Å². The summed E-state index contributed by atoms with van der Waals surface area (Å²) in [4.78, 5) is 26.7. The number of hydrogen-bond acceptors (Lipinski definition) is 6. The third kappa shape index (κ3) is 4.85. The van der Waals surface area contributed by atoms with Gasteiger partial charge in [0, 0.05) is 23.5 Å². The number of thiophene rings is 1. The number of carbonyl (C=O) groups excluding carboxylic acids is 2. The Labute approximate surface area is 199 Å². The van der Waals surface area contributed by atoms with Gasteiger partial charge in [0.05, 0.1) is 17.6 Å². The number of ether oxygens (including phenoxy) is 1. The molecule has 1 aromatic heterocycles. The fraction of sp³-hybridized carbons (Fsp3) is 0.500. The second-order valence-electron chi connectivity index (χ2n) is 9.11. The van der Waals surface area contributed by atoms with E-state index >= 15 is 0 Å². The summed E-state index contributed by atoms with van der Waals surface area (Å²) >= 11 is 1.42. The Balaban J connectivity index is 1.53. The first-order chi connectivity index (χ1) is 15.7. The lowest BCUT2D eigenvalue weighted by molar-refractivity contribution is 0.0600. The van der Waals surface area contributed by atoms with Gasteiger partial charge < -0.3 is 10.1 Å². The number of anilines is 1. The fourth-order valence-corrected chi connectivity index (χ4v) is 7.35. The Morgan fingerprint density at radius 1 is 1.06 bits per heavy atom. The maximum atomic E-state index is 12.9. The standard InChI is InChI=1S/C24H30N2O5S2/c1-15-10-12-26(13-11-15)33(29,30)18-7-5-17(6-8-18)22(27)25-23-21(24(28)31-3)19-9-4-16(2)14-20(19)32-23/h5-8,15-16H,4,9-14H2,1-3H3,(H,25,27). The smallest absolute Gasteiger partial charge is 0.341 e. The zero-order valence-corrected chi connectivity index (χ0v) is 20.9. The second kappa shape index (κ2) is 9.56. The van der Waals surface area contributed by atoms with Crippen molar-refractivity contribution in [3.63, 3.8) is 0 Å². The van der Waals surface area contributed by atoms with Crippen LogP contribution in [0.15, 0.2) is 29.2 Å². The van der Waals surface area contributed by atoms with Crippen LogP contribution in [-0.2, 0) is 27.6 Å². The summed E-state index contributed by atoms with van der Waals surface area (Å²) in [5.41, 5.74) is 1.74. The summed E-state index contributed by atoms with van der Waals surface area (Å²) in [7, 11) is -2.23. The van der Waals surface area contributed by atoms with E-state index in [-0.39, 0.29) is 10.8 Å². The van der Waals surface area contributed by atoms with Crippen LogP contribution < -0.4 is 5.32 Å². The minimum Gasteiger partial charge on any atom is -0.465 e. The Hall–Kier alpha value is -2.23. The summed E-state index contributed by atoms with van der Waals surface area (Å²) in [5, 5.41) is 3.35. The molecule has 2 heterocycles. The Morgan fingerprint density at radius 3 is 2.36 bits per heavy atom. The molecule has 1 amide bonds. The van der Waals surface area contributed by atoms with Gasteiger partial charge in [-0.15, -0.1) is 11.3 Å². The van der Waals surface area contributed by atoms with E-state index in [1.54, 1.807) is 0 Å². The molecule has 9 heteroatoms. The first-order valence-electron chi connectivity index (χ1n) is 11.3. The molecule has 4 rings (SSSR count). The SMILES string of the molecule is COC(=O)c1c(NC(=O)c2ccc(S(=O)(=O)N3CCC(C)CC3)cc2)sc2c1CCC(C)C2. The van der Waals surface area contributed by atoms with E-state index in [4.69, 9.17) is 4.74 Å². The molecule has 7 nitrogen and oxygen atoms in total. The van der Waals surface area contributed by atoms with Gasteiger partial charge in [0.1, 0.15) is 5.00 Å². The molecule has 178 valence electrons. The molecule has 1 unspecified atom stereocenters. The van der Waals surface area contributed by atoms with Crippen LogP contribution in [0.5, 0.6) is 0 Å². The number of esters is 1. The molecular formula is C24H30N2O5S2. The minimum atomic E-state index is -3.57. The first kappa shape index (κ1) is 23.9. The molecule has 1 fully saturated rings. The molecule has 1 aliphatic heterocycles. The minimum absolute atomic E-state index is 0.185. The highest BCUT2D eigenvalue weighted by atomic mass is 32.2. The highest BCUT2D eigenvalue weighted by Crippen LogP contribution is 2.40. The summed E-state index contributed by atoms with van der Waals surface area (Å²) in [6, 6.07) is 5.99. The number of methoxy groups -OCH3 is 1. The summed E-state index contributed by atoms with van der Waals surface area (Å²) in [6.07, 6.45) is 4.36. The maximum absolute atomic E-state index is 12.9. The molecule has 2 aliphatic rings. The van der Waals surface area contributed by atoms with Gasteiger partial charge in [-0.25, -0.2) is 13.2 Å². The Kier molecular flexibility index (Phi) is 6.93. The molecule has 0 bridgehead atoms. The van der Waals surface area contributed by atoms with Crippen molar-refractivity contribution in [2.24, 2.45) is 11.8 Å². The number of amides is 1. The molecule has 0 spiro atoms. The quantitative estimate of drug-likeness (QED) is 0.630. The second-order valence-corrected chi connectivity index (χ2v) is 12.2. The van der Waals surface area contributed by atoms with E-state index < -0.39 is 16.0 Å². The largest absolute Gasteiger partial charge is 0.465 e. The molecule has 1 N–H and O–H groups in total. The Morgan fingerprint density at radius 2 is 1.73 bits per heavy atom. The number of rotatable bonds is 5. The van der Waals surface area contributed by atoms with E-state index in [9.17, 15) is 18.0 Å². The average Bonchev–Trinajstić information content (AvgIpc) is 3.15. The third-order valence-corrected chi connectivity index (χ3v) is 9.71. The zero-order chi connectivity index (χ0) is 23.8. The number of fused-ring (bicyclic) bond motifs is 1. The maximum Gasteiger partial charge on any atom is 0.341 e. The molecule has 0 radical (unpaired) electrons.